The second-order valence-corrected chi connectivity index (χ2v) is 5.52. The maximum atomic E-state index is 6.13. The second kappa shape index (κ2) is 5.75. The molecule has 0 radical (unpaired) electrons. The minimum Gasteiger partial charge on any atom is -0.490 e. The molecule has 0 bridgehead atoms. The van der Waals surface area contributed by atoms with Crippen molar-refractivity contribution in [1.82, 2.24) is 5.32 Å². The van der Waals surface area contributed by atoms with Crippen LogP contribution in [0.2, 0.25) is 0 Å². The molecule has 0 heterocycles. The molecule has 1 N–H and O–H groups in total. The van der Waals surface area contributed by atoms with Crippen LogP contribution in [0.3, 0.4) is 0 Å². The number of para-hydroxylation sites is 1. The fourth-order valence-electron chi connectivity index (χ4n) is 2.77. The second-order valence-electron chi connectivity index (χ2n) is 5.52. The normalized spacial score (nSPS) is 30.8. The van der Waals surface area contributed by atoms with Gasteiger partial charge in [0.2, 0.25) is 0 Å². The number of ether oxygens (including phenoxy) is 1. The molecule has 100 valence electrons. The van der Waals surface area contributed by atoms with E-state index in [1.165, 1.54) is 6.42 Å². The van der Waals surface area contributed by atoms with Crippen molar-refractivity contribution in [2.45, 2.75) is 52.2 Å². The van der Waals surface area contributed by atoms with Crippen LogP contribution in [0.5, 0.6) is 5.75 Å². The van der Waals surface area contributed by atoms with Crippen LogP contribution in [0.4, 0.5) is 0 Å². The van der Waals surface area contributed by atoms with Gasteiger partial charge in [-0.2, -0.15) is 0 Å². The quantitative estimate of drug-likeness (QED) is 0.829. The van der Waals surface area contributed by atoms with Crippen LogP contribution in [0.25, 0.3) is 0 Å². The van der Waals surface area contributed by atoms with Crippen molar-refractivity contribution in [3.63, 3.8) is 0 Å². The molecule has 0 spiro atoms. The largest absolute Gasteiger partial charge is 0.490 e. The molecule has 1 aliphatic carbocycles. The Hall–Kier alpha value is -1.02. The fourth-order valence-corrected chi connectivity index (χ4v) is 2.77. The van der Waals surface area contributed by atoms with Gasteiger partial charge < -0.3 is 10.1 Å². The zero-order valence-electron chi connectivity index (χ0n) is 11.8. The summed E-state index contributed by atoms with van der Waals surface area (Å²) in [4.78, 5) is 0. The molecule has 2 nitrogen and oxygen atoms in total. The zero-order chi connectivity index (χ0) is 13.0. The summed E-state index contributed by atoms with van der Waals surface area (Å²) in [6, 6.07) is 10.8. The van der Waals surface area contributed by atoms with Gasteiger partial charge in [-0.05, 0) is 31.5 Å². The Morgan fingerprint density at radius 2 is 2.00 bits per heavy atom. The summed E-state index contributed by atoms with van der Waals surface area (Å²) in [5.41, 5.74) is 0.269. The molecule has 0 aromatic heterocycles. The summed E-state index contributed by atoms with van der Waals surface area (Å²) in [7, 11) is 0. The minimum absolute atomic E-state index is 0.269. The van der Waals surface area contributed by atoms with Crippen molar-refractivity contribution in [3.05, 3.63) is 30.3 Å². The number of nitrogens with one attached hydrogen (secondary N) is 1. The van der Waals surface area contributed by atoms with Gasteiger partial charge in [-0.3, -0.25) is 0 Å². The molecule has 1 aromatic rings. The Balaban J connectivity index is 1.95. The zero-order valence-corrected chi connectivity index (χ0v) is 11.8. The Kier molecular flexibility index (Phi) is 4.28. The van der Waals surface area contributed by atoms with Crippen LogP contribution in [0, 0.1) is 5.41 Å². The SMILES string of the molecule is CCCNC1CC(Oc2ccccc2)C1(C)CC. The van der Waals surface area contributed by atoms with Crippen LogP contribution in [0.1, 0.15) is 40.0 Å². The van der Waals surface area contributed by atoms with Crippen LogP contribution < -0.4 is 10.1 Å². The fraction of sp³-hybridized carbons (Fsp3) is 0.625. The van der Waals surface area contributed by atoms with E-state index in [0.717, 1.165) is 25.1 Å². The first-order valence-electron chi connectivity index (χ1n) is 7.15. The molecule has 3 unspecified atom stereocenters. The summed E-state index contributed by atoms with van der Waals surface area (Å²) >= 11 is 0. The van der Waals surface area contributed by atoms with Crippen molar-refractivity contribution in [2.75, 3.05) is 6.54 Å². The molecular weight excluding hydrogens is 222 g/mol. The van der Waals surface area contributed by atoms with E-state index in [4.69, 9.17) is 4.74 Å². The highest BCUT2D eigenvalue weighted by atomic mass is 16.5. The van der Waals surface area contributed by atoms with Gasteiger partial charge in [0.1, 0.15) is 11.9 Å². The molecule has 2 rings (SSSR count). The Labute approximate surface area is 111 Å². The number of rotatable bonds is 6. The summed E-state index contributed by atoms with van der Waals surface area (Å²) in [5, 5.41) is 3.65. The third kappa shape index (κ3) is 2.54. The van der Waals surface area contributed by atoms with Crippen LogP contribution in [0.15, 0.2) is 30.3 Å². The molecule has 3 atom stereocenters. The van der Waals surface area contributed by atoms with E-state index in [2.05, 4.69) is 26.1 Å². The average molecular weight is 247 g/mol. The number of hydrogen-bond donors (Lipinski definition) is 1. The van der Waals surface area contributed by atoms with Gasteiger partial charge in [-0.1, -0.05) is 39.0 Å². The topological polar surface area (TPSA) is 21.3 Å². The lowest BCUT2D eigenvalue weighted by atomic mass is 9.61. The summed E-state index contributed by atoms with van der Waals surface area (Å²) < 4.78 is 6.13. The van der Waals surface area contributed by atoms with E-state index in [1.54, 1.807) is 0 Å². The summed E-state index contributed by atoms with van der Waals surface area (Å²) in [5.74, 6) is 0.996. The molecule has 18 heavy (non-hydrogen) atoms. The van der Waals surface area contributed by atoms with Gasteiger partial charge in [0.05, 0.1) is 0 Å². The van der Waals surface area contributed by atoms with E-state index in [0.29, 0.717) is 12.1 Å². The molecule has 1 saturated carbocycles. The van der Waals surface area contributed by atoms with Gasteiger partial charge >= 0.3 is 0 Å². The van der Waals surface area contributed by atoms with Crippen LogP contribution >= 0.6 is 0 Å². The van der Waals surface area contributed by atoms with E-state index in [9.17, 15) is 0 Å². The van der Waals surface area contributed by atoms with Gasteiger partial charge in [0.15, 0.2) is 0 Å². The first-order chi connectivity index (χ1) is 8.70. The van der Waals surface area contributed by atoms with Gasteiger partial charge in [-0.25, -0.2) is 0 Å². The van der Waals surface area contributed by atoms with Crippen molar-refractivity contribution in [2.24, 2.45) is 5.41 Å². The molecular formula is C16H25NO. The van der Waals surface area contributed by atoms with Crippen molar-refractivity contribution in [1.29, 1.82) is 0 Å². The van der Waals surface area contributed by atoms with Crippen molar-refractivity contribution < 1.29 is 4.74 Å². The molecule has 1 aromatic carbocycles. The first kappa shape index (κ1) is 13.4. The van der Waals surface area contributed by atoms with E-state index >= 15 is 0 Å². The molecule has 0 saturated heterocycles. The third-order valence-electron chi connectivity index (χ3n) is 4.41. The molecule has 1 fully saturated rings. The Bertz CT molecular complexity index is 365. The van der Waals surface area contributed by atoms with Crippen LogP contribution in [-0.2, 0) is 0 Å². The third-order valence-corrected chi connectivity index (χ3v) is 4.41. The highest BCUT2D eigenvalue weighted by Crippen LogP contribution is 2.46. The lowest BCUT2D eigenvalue weighted by Gasteiger charge is -2.53. The monoisotopic (exact) mass is 247 g/mol. The molecule has 2 heteroatoms. The number of benzene rings is 1. The van der Waals surface area contributed by atoms with Crippen LogP contribution in [-0.4, -0.2) is 18.7 Å². The smallest absolute Gasteiger partial charge is 0.119 e. The van der Waals surface area contributed by atoms with Gasteiger partial charge in [0, 0.05) is 17.9 Å². The Morgan fingerprint density at radius 3 is 2.61 bits per heavy atom. The van der Waals surface area contributed by atoms with E-state index in [-0.39, 0.29) is 5.41 Å². The van der Waals surface area contributed by atoms with E-state index in [1.807, 2.05) is 30.3 Å². The predicted octanol–water partition coefficient (Wildman–Crippen LogP) is 3.62. The molecule has 1 aliphatic rings. The van der Waals surface area contributed by atoms with Gasteiger partial charge in [0.25, 0.3) is 0 Å². The maximum Gasteiger partial charge on any atom is 0.119 e. The lowest BCUT2D eigenvalue weighted by Crippen LogP contribution is -2.63. The minimum atomic E-state index is 0.269. The van der Waals surface area contributed by atoms with E-state index < -0.39 is 0 Å². The van der Waals surface area contributed by atoms with Crippen molar-refractivity contribution in [3.8, 4) is 5.75 Å². The molecule has 0 amide bonds. The highest BCUT2D eigenvalue weighted by molar-refractivity contribution is 5.22. The van der Waals surface area contributed by atoms with Gasteiger partial charge in [-0.15, -0.1) is 0 Å². The number of hydrogen-bond acceptors (Lipinski definition) is 2. The average Bonchev–Trinajstić information content (AvgIpc) is 2.42. The van der Waals surface area contributed by atoms with Crippen molar-refractivity contribution >= 4 is 0 Å². The molecule has 0 aliphatic heterocycles. The standard InChI is InChI=1S/C16H25NO/c1-4-11-17-14-12-15(16(14,3)5-2)18-13-9-7-6-8-10-13/h6-10,14-15,17H,4-5,11-12H2,1-3H3. The predicted molar refractivity (Wildman–Crippen MR) is 76.0 cm³/mol. The lowest BCUT2D eigenvalue weighted by molar-refractivity contribution is -0.0701. The summed E-state index contributed by atoms with van der Waals surface area (Å²) in [6.07, 6.45) is 3.82. The summed E-state index contributed by atoms with van der Waals surface area (Å²) in [6.45, 7) is 7.93. The maximum absolute atomic E-state index is 6.13. The first-order valence-corrected chi connectivity index (χ1v) is 7.15. The Morgan fingerprint density at radius 1 is 1.28 bits per heavy atom. The highest BCUT2D eigenvalue weighted by Gasteiger charge is 2.51.